The third-order valence-electron chi connectivity index (χ3n) is 4.98. The highest BCUT2D eigenvalue weighted by atomic mass is 15.0. The zero-order valence-corrected chi connectivity index (χ0v) is 13.0. The molecular formula is C17H27N3. The summed E-state index contributed by atoms with van der Waals surface area (Å²) in [4.78, 5) is 9.72. The molecule has 0 amide bonds. The molecule has 3 atom stereocenters. The summed E-state index contributed by atoms with van der Waals surface area (Å²) in [5, 5.41) is 3.45. The van der Waals surface area contributed by atoms with Crippen LogP contribution in [0.5, 0.6) is 0 Å². The fraction of sp³-hybridized carbons (Fsp3) is 0.765. The Morgan fingerprint density at radius 3 is 2.70 bits per heavy atom. The molecule has 3 rings (SSSR count). The summed E-state index contributed by atoms with van der Waals surface area (Å²) in [6.45, 7) is 7.62. The highest BCUT2D eigenvalue weighted by molar-refractivity contribution is 5.37. The van der Waals surface area contributed by atoms with Crippen molar-refractivity contribution in [1.29, 1.82) is 0 Å². The van der Waals surface area contributed by atoms with E-state index in [0.717, 1.165) is 36.4 Å². The van der Waals surface area contributed by atoms with Gasteiger partial charge in [-0.1, -0.05) is 27.2 Å². The molecule has 0 saturated heterocycles. The zero-order chi connectivity index (χ0) is 14.1. The average Bonchev–Trinajstić information content (AvgIpc) is 3.07. The number of rotatable bonds is 5. The van der Waals surface area contributed by atoms with E-state index in [1.54, 1.807) is 0 Å². The third-order valence-corrected chi connectivity index (χ3v) is 4.98. The molecule has 0 aliphatic heterocycles. The Morgan fingerprint density at radius 2 is 2.10 bits per heavy atom. The summed E-state index contributed by atoms with van der Waals surface area (Å²) in [5.41, 5.74) is 1.19. The van der Waals surface area contributed by atoms with Gasteiger partial charge >= 0.3 is 0 Å². The van der Waals surface area contributed by atoms with Gasteiger partial charge in [0.25, 0.3) is 0 Å². The Labute approximate surface area is 122 Å². The largest absolute Gasteiger partial charge is 0.370 e. The maximum absolute atomic E-state index is 4.89. The van der Waals surface area contributed by atoms with Crippen LogP contribution in [0.3, 0.4) is 0 Å². The van der Waals surface area contributed by atoms with Crippen LogP contribution in [0, 0.1) is 11.8 Å². The molecule has 2 saturated carbocycles. The molecule has 110 valence electrons. The van der Waals surface area contributed by atoms with Crippen LogP contribution in [0.4, 0.5) is 5.82 Å². The number of aromatic nitrogens is 2. The highest BCUT2D eigenvalue weighted by Gasteiger charge is 2.41. The van der Waals surface area contributed by atoms with Gasteiger partial charge in [-0.3, -0.25) is 0 Å². The summed E-state index contributed by atoms with van der Waals surface area (Å²) in [7, 11) is 0. The van der Waals surface area contributed by atoms with Gasteiger partial charge in [-0.25, -0.2) is 9.97 Å². The van der Waals surface area contributed by atoms with Crippen molar-refractivity contribution in [2.45, 2.75) is 64.7 Å². The quantitative estimate of drug-likeness (QED) is 0.868. The maximum Gasteiger partial charge on any atom is 0.134 e. The fourth-order valence-electron chi connectivity index (χ4n) is 3.85. The molecule has 2 aliphatic carbocycles. The van der Waals surface area contributed by atoms with Gasteiger partial charge in [-0.2, -0.15) is 0 Å². The first-order valence-electron chi connectivity index (χ1n) is 8.30. The van der Waals surface area contributed by atoms with Crippen LogP contribution in [0.2, 0.25) is 0 Å². The molecule has 1 aromatic rings. The number of hydrogen-bond acceptors (Lipinski definition) is 3. The third kappa shape index (κ3) is 2.68. The summed E-state index contributed by atoms with van der Waals surface area (Å²) >= 11 is 0. The predicted molar refractivity (Wildman–Crippen MR) is 83.1 cm³/mol. The molecule has 0 aromatic carbocycles. The van der Waals surface area contributed by atoms with Gasteiger partial charge in [-0.15, -0.1) is 0 Å². The topological polar surface area (TPSA) is 37.8 Å². The minimum atomic E-state index is 0.470. The maximum atomic E-state index is 4.89. The van der Waals surface area contributed by atoms with Gasteiger partial charge in [0, 0.05) is 24.2 Å². The molecule has 1 N–H and O–H groups in total. The lowest BCUT2D eigenvalue weighted by atomic mass is 9.88. The Morgan fingerprint density at radius 1 is 1.25 bits per heavy atom. The predicted octanol–water partition coefficient (Wildman–Crippen LogP) is 4.33. The summed E-state index contributed by atoms with van der Waals surface area (Å²) in [5.74, 6) is 5.03. The molecule has 0 radical (unpaired) electrons. The van der Waals surface area contributed by atoms with E-state index in [1.165, 1.54) is 31.4 Å². The van der Waals surface area contributed by atoms with Crippen molar-refractivity contribution in [2.24, 2.45) is 11.8 Å². The molecule has 3 unspecified atom stereocenters. The normalized spacial score (nSPS) is 28.3. The van der Waals surface area contributed by atoms with Crippen LogP contribution in [-0.2, 0) is 0 Å². The first kappa shape index (κ1) is 13.8. The van der Waals surface area contributed by atoms with Gasteiger partial charge in [0.05, 0.1) is 0 Å². The van der Waals surface area contributed by atoms with Crippen LogP contribution in [0.25, 0.3) is 0 Å². The van der Waals surface area contributed by atoms with Crippen LogP contribution >= 0.6 is 0 Å². The van der Waals surface area contributed by atoms with Crippen LogP contribution in [0.1, 0.15) is 76.2 Å². The summed E-state index contributed by atoms with van der Waals surface area (Å²) in [6, 6.07) is 2.14. The molecule has 0 spiro atoms. The zero-order valence-electron chi connectivity index (χ0n) is 13.0. The van der Waals surface area contributed by atoms with Crippen molar-refractivity contribution in [1.82, 2.24) is 9.97 Å². The lowest BCUT2D eigenvalue weighted by Gasteiger charge is -2.22. The molecule has 3 heteroatoms. The number of hydrogen-bond donors (Lipinski definition) is 1. The van der Waals surface area contributed by atoms with Gasteiger partial charge < -0.3 is 5.32 Å². The van der Waals surface area contributed by atoms with E-state index >= 15 is 0 Å². The van der Waals surface area contributed by atoms with Gasteiger partial charge in [-0.05, 0) is 43.4 Å². The second kappa shape index (κ2) is 5.71. The minimum absolute atomic E-state index is 0.470. The lowest BCUT2D eigenvalue weighted by molar-refractivity contribution is 0.404. The van der Waals surface area contributed by atoms with Crippen LogP contribution in [0.15, 0.2) is 6.07 Å². The van der Waals surface area contributed by atoms with Crippen molar-refractivity contribution in [3.05, 3.63) is 17.6 Å². The standard InChI is InChI=1S/C17H27N3/c1-4-7-18-16-10-15(11(2)3)19-17(20-16)14-9-12-5-6-13(14)8-12/h10-14H,4-9H2,1-3H3,(H,18,19,20). The Bertz CT molecular complexity index is 469. The Balaban J connectivity index is 1.87. The minimum Gasteiger partial charge on any atom is -0.370 e. The van der Waals surface area contributed by atoms with E-state index in [2.05, 4.69) is 32.2 Å². The summed E-state index contributed by atoms with van der Waals surface area (Å²) in [6.07, 6.45) is 6.69. The van der Waals surface area contributed by atoms with E-state index in [4.69, 9.17) is 9.97 Å². The first-order chi connectivity index (χ1) is 9.67. The Kier molecular flexibility index (Phi) is 3.95. The van der Waals surface area contributed by atoms with Gasteiger partial charge in [0.1, 0.15) is 11.6 Å². The van der Waals surface area contributed by atoms with Crippen LogP contribution in [-0.4, -0.2) is 16.5 Å². The van der Waals surface area contributed by atoms with Crippen molar-refractivity contribution >= 4 is 5.82 Å². The van der Waals surface area contributed by atoms with E-state index in [-0.39, 0.29) is 0 Å². The van der Waals surface area contributed by atoms with E-state index in [9.17, 15) is 0 Å². The van der Waals surface area contributed by atoms with E-state index < -0.39 is 0 Å². The number of nitrogens with one attached hydrogen (secondary N) is 1. The Hall–Kier alpha value is -1.12. The van der Waals surface area contributed by atoms with Crippen LogP contribution < -0.4 is 5.32 Å². The van der Waals surface area contributed by atoms with Crippen molar-refractivity contribution in [3.8, 4) is 0 Å². The molecule has 2 aliphatic rings. The van der Waals surface area contributed by atoms with Crippen molar-refractivity contribution in [3.63, 3.8) is 0 Å². The SMILES string of the molecule is CCCNc1cc(C(C)C)nc(C2CC3CCC2C3)n1. The van der Waals surface area contributed by atoms with E-state index in [0.29, 0.717) is 11.8 Å². The lowest BCUT2D eigenvalue weighted by Crippen LogP contribution is -2.15. The monoisotopic (exact) mass is 273 g/mol. The molecule has 2 bridgehead atoms. The first-order valence-corrected chi connectivity index (χ1v) is 8.30. The molecule has 1 heterocycles. The second-order valence-corrected chi connectivity index (χ2v) is 6.90. The smallest absolute Gasteiger partial charge is 0.134 e. The highest BCUT2D eigenvalue weighted by Crippen LogP contribution is 2.52. The summed E-state index contributed by atoms with van der Waals surface area (Å²) < 4.78 is 0. The van der Waals surface area contributed by atoms with E-state index in [1.807, 2.05) is 0 Å². The number of anilines is 1. The average molecular weight is 273 g/mol. The van der Waals surface area contributed by atoms with Gasteiger partial charge in [0.15, 0.2) is 0 Å². The number of nitrogens with zero attached hydrogens (tertiary/aromatic N) is 2. The second-order valence-electron chi connectivity index (χ2n) is 6.90. The molecule has 20 heavy (non-hydrogen) atoms. The molecule has 2 fully saturated rings. The molecular weight excluding hydrogens is 246 g/mol. The fourth-order valence-corrected chi connectivity index (χ4v) is 3.85. The van der Waals surface area contributed by atoms with Gasteiger partial charge in [0.2, 0.25) is 0 Å². The molecule has 1 aromatic heterocycles. The molecule has 3 nitrogen and oxygen atoms in total. The number of fused-ring (bicyclic) bond motifs is 2. The van der Waals surface area contributed by atoms with Crippen molar-refractivity contribution in [2.75, 3.05) is 11.9 Å². The van der Waals surface area contributed by atoms with Crippen molar-refractivity contribution < 1.29 is 0 Å².